The molecule has 0 fully saturated rings. The zero-order valence-electron chi connectivity index (χ0n) is 18.5. The van der Waals surface area contributed by atoms with Crippen LogP contribution in [0.4, 0.5) is 5.69 Å². The minimum absolute atomic E-state index is 0.0279. The molecular formula is C23H24ClN3O6. The molecule has 0 spiro atoms. The molecule has 2 aromatic carbocycles. The van der Waals surface area contributed by atoms with Crippen molar-refractivity contribution in [2.24, 2.45) is 0 Å². The number of para-hydroxylation sites is 1. The third kappa shape index (κ3) is 5.81. The average Bonchev–Trinajstić information content (AvgIpc) is 2.81. The molecule has 0 saturated carbocycles. The van der Waals surface area contributed by atoms with E-state index < -0.39 is 18.0 Å². The fourth-order valence-corrected chi connectivity index (χ4v) is 3.33. The van der Waals surface area contributed by atoms with Crippen molar-refractivity contribution < 1.29 is 23.8 Å². The van der Waals surface area contributed by atoms with Gasteiger partial charge in [-0.05, 0) is 31.5 Å². The molecule has 174 valence electrons. The Kier molecular flexibility index (Phi) is 7.89. The van der Waals surface area contributed by atoms with E-state index in [1.54, 1.807) is 36.4 Å². The Labute approximate surface area is 195 Å². The van der Waals surface area contributed by atoms with Crippen LogP contribution in [0.15, 0.2) is 47.5 Å². The molecule has 1 N–H and O–H groups in total. The monoisotopic (exact) mass is 473 g/mol. The van der Waals surface area contributed by atoms with Crippen LogP contribution in [0, 0.1) is 0 Å². The van der Waals surface area contributed by atoms with E-state index in [4.69, 9.17) is 25.8 Å². The number of ether oxygens (including phenoxy) is 3. The van der Waals surface area contributed by atoms with Gasteiger partial charge in [0.1, 0.15) is 0 Å². The van der Waals surface area contributed by atoms with E-state index in [-0.39, 0.29) is 18.5 Å². The van der Waals surface area contributed by atoms with E-state index in [9.17, 15) is 14.4 Å². The zero-order valence-corrected chi connectivity index (χ0v) is 19.2. The topological polar surface area (TPSA) is 109 Å². The van der Waals surface area contributed by atoms with Crippen LogP contribution in [0.2, 0.25) is 5.02 Å². The molecule has 1 aromatic heterocycles. The van der Waals surface area contributed by atoms with Gasteiger partial charge in [0.05, 0.1) is 42.2 Å². The number of aryl methyl sites for hydroxylation is 1. The molecule has 3 aromatic rings. The number of carbonyl (C=O) groups excluding carboxylic acids is 2. The predicted octanol–water partition coefficient (Wildman–Crippen LogP) is 3.42. The number of hydrogen-bond acceptors (Lipinski definition) is 7. The molecule has 3 rings (SSSR count). The molecule has 10 heteroatoms. The van der Waals surface area contributed by atoms with Crippen molar-refractivity contribution in [1.82, 2.24) is 9.55 Å². The summed E-state index contributed by atoms with van der Waals surface area (Å²) >= 11 is 6.02. The molecule has 0 saturated heterocycles. The molecule has 0 radical (unpaired) electrons. The van der Waals surface area contributed by atoms with Gasteiger partial charge in [-0.1, -0.05) is 23.7 Å². The van der Waals surface area contributed by atoms with Gasteiger partial charge in [-0.2, -0.15) is 0 Å². The lowest BCUT2D eigenvalue weighted by atomic mass is 10.2. The van der Waals surface area contributed by atoms with Crippen molar-refractivity contribution >= 4 is 40.1 Å². The first-order chi connectivity index (χ1) is 15.8. The Balaban J connectivity index is 1.56. The van der Waals surface area contributed by atoms with Crippen LogP contribution >= 0.6 is 11.6 Å². The molecule has 1 amide bonds. The standard InChI is InChI=1S/C23H24ClN3O6/c1-14(22(29)26-17-8-5-4-7-16(17)24)33-21(28)9-6-10-27-13-25-18-12-20(32-3)19(31-2)11-15(18)23(27)30/h4-5,7-8,11-14H,6,9-10H2,1-3H3,(H,26,29). The third-order valence-electron chi connectivity index (χ3n) is 4.92. The Hall–Kier alpha value is -3.59. The minimum Gasteiger partial charge on any atom is -0.493 e. The summed E-state index contributed by atoms with van der Waals surface area (Å²) in [7, 11) is 2.99. The van der Waals surface area contributed by atoms with Crippen LogP contribution in [0.25, 0.3) is 10.9 Å². The Bertz CT molecular complexity index is 1230. The van der Waals surface area contributed by atoms with E-state index in [1.165, 1.54) is 32.0 Å². The van der Waals surface area contributed by atoms with Gasteiger partial charge in [0.15, 0.2) is 17.6 Å². The highest BCUT2D eigenvalue weighted by atomic mass is 35.5. The van der Waals surface area contributed by atoms with E-state index in [1.807, 2.05) is 0 Å². The highest BCUT2D eigenvalue weighted by Gasteiger charge is 2.19. The van der Waals surface area contributed by atoms with E-state index in [2.05, 4.69) is 10.3 Å². The summed E-state index contributed by atoms with van der Waals surface area (Å²) < 4.78 is 17.1. The maximum absolute atomic E-state index is 12.8. The number of benzene rings is 2. The van der Waals surface area contributed by atoms with Crippen molar-refractivity contribution in [3.8, 4) is 11.5 Å². The summed E-state index contributed by atoms with van der Waals surface area (Å²) in [5.41, 5.74) is 0.651. The molecular weight excluding hydrogens is 450 g/mol. The van der Waals surface area contributed by atoms with Gasteiger partial charge in [-0.15, -0.1) is 0 Å². The van der Waals surface area contributed by atoms with Gasteiger partial charge in [0, 0.05) is 19.0 Å². The first-order valence-electron chi connectivity index (χ1n) is 10.2. The molecule has 1 unspecified atom stereocenters. The van der Waals surface area contributed by atoms with Crippen molar-refractivity contribution in [3.05, 3.63) is 58.1 Å². The van der Waals surface area contributed by atoms with Crippen molar-refractivity contribution in [3.63, 3.8) is 0 Å². The number of amides is 1. The van der Waals surface area contributed by atoms with Crippen LogP contribution < -0.4 is 20.3 Å². The summed E-state index contributed by atoms with van der Waals surface area (Å²) in [6, 6.07) is 9.97. The van der Waals surface area contributed by atoms with Gasteiger partial charge < -0.3 is 19.5 Å². The highest BCUT2D eigenvalue weighted by molar-refractivity contribution is 6.33. The molecule has 1 heterocycles. The summed E-state index contributed by atoms with van der Waals surface area (Å²) in [5.74, 6) is -0.139. The molecule has 0 aliphatic carbocycles. The summed E-state index contributed by atoms with van der Waals surface area (Å²) in [6.45, 7) is 1.73. The van der Waals surface area contributed by atoms with Crippen molar-refractivity contribution in [2.75, 3.05) is 19.5 Å². The number of fused-ring (bicyclic) bond motifs is 1. The lowest BCUT2D eigenvalue weighted by Gasteiger charge is -2.14. The number of carbonyl (C=O) groups is 2. The van der Waals surface area contributed by atoms with Gasteiger partial charge in [-0.25, -0.2) is 4.98 Å². The van der Waals surface area contributed by atoms with Gasteiger partial charge in [-0.3, -0.25) is 19.0 Å². The van der Waals surface area contributed by atoms with Crippen LogP contribution in [-0.2, 0) is 20.9 Å². The third-order valence-corrected chi connectivity index (χ3v) is 5.25. The number of methoxy groups -OCH3 is 2. The molecule has 0 aliphatic heterocycles. The lowest BCUT2D eigenvalue weighted by Crippen LogP contribution is -2.30. The Morgan fingerprint density at radius 2 is 1.85 bits per heavy atom. The number of nitrogens with one attached hydrogen (secondary N) is 1. The summed E-state index contributed by atoms with van der Waals surface area (Å²) in [4.78, 5) is 41.5. The summed E-state index contributed by atoms with van der Waals surface area (Å²) in [5, 5.41) is 3.38. The van der Waals surface area contributed by atoms with Gasteiger partial charge in [0.2, 0.25) is 0 Å². The minimum atomic E-state index is -0.999. The first kappa shape index (κ1) is 24.1. The number of esters is 1. The van der Waals surface area contributed by atoms with Crippen molar-refractivity contribution in [1.29, 1.82) is 0 Å². The Morgan fingerprint density at radius 1 is 1.15 bits per heavy atom. The van der Waals surface area contributed by atoms with Gasteiger partial charge in [0.25, 0.3) is 11.5 Å². The number of hydrogen-bond donors (Lipinski definition) is 1. The molecule has 0 bridgehead atoms. The SMILES string of the molecule is COc1cc2ncn(CCCC(=O)OC(C)C(=O)Nc3ccccc3Cl)c(=O)c2cc1OC. The first-order valence-corrected chi connectivity index (χ1v) is 10.6. The second kappa shape index (κ2) is 10.8. The number of halogens is 1. The van der Waals surface area contributed by atoms with Crippen LogP contribution in [-0.4, -0.2) is 41.8 Å². The fourth-order valence-electron chi connectivity index (χ4n) is 3.14. The molecule has 1 atom stereocenters. The molecule has 9 nitrogen and oxygen atoms in total. The quantitative estimate of drug-likeness (QED) is 0.474. The molecule has 0 aliphatic rings. The Morgan fingerprint density at radius 3 is 2.55 bits per heavy atom. The zero-order chi connectivity index (χ0) is 24.0. The number of nitrogens with zero attached hydrogens (tertiary/aromatic N) is 2. The van der Waals surface area contributed by atoms with E-state index in [0.717, 1.165) is 0 Å². The highest BCUT2D eigenvalue weighted by Crippen LogP contribution is 2.29. The van der Waals surface area contributed by atoms with Crippen LogP contribution in [0.1, 0.15) is 19.8 Å². The maximum atomic E-state index is 12.8. The maximum Gasteiger partial charge on any atom is 0.306 e. The van der Waals surface area contributed by atoms with E-state index in [0.29, 0.717) is 39.5 Å². The van der Waals surface area contributed by atoms with Crippen LogP contribution in [0.5, 0.6) is 11.5 Å². The number of aromatic nitrogens is 2. The van der Waals surface area contributed by atoms with Crippen LogP contribution in [0.3, 0.4) is 0 Å². The van der Waals surface area contributed by atoms with Gasteiger partial charge >= 0.3 is 5.97 Å². The summed E-state index contributed by atoms with van der Waals surface area (Å²) in [6.07, 6.45) is 0.779. The average molecular weight is 474 g/mol. The predicted molar refractivity (Wildman–Crippen MR) is 124 cm³/mol. The smallest absolute Gasteiger partial charge is 0.306 e. The normalized spacial score (nSPS) is 11.6. The number of rotatable bonds is 9. The second-order valence-electron chi connectivity index (χ2n) is 7.17. The lowest BCUT2D eigenvalue weighted by molar-refractivity contribution is -0.153. The largest absolute Gasteiger partial charge is 0.493 e. The van der Waals surface area contributed by atoms with Crippen molar-refractivity contribution in [2.45, 2.75) is 32.4 Å². The van der Waals surface area contributed by atoms with E-state index >= 15 is 0 Å². The molecule has 33 heavy (non-hydrogen) atoms. The second-order valence-corrected chi connectivity index (χ2v) is 7.58. The fraction of sp³-hybridized carbons (Fsp3) is 0.304. The number of anilines is 1.